The molecule has 3 rings (SSSR count). The number of carbonyl (C=O) groups is 2. The molecule has 2 aromatic carbocycles. The van der Waals surface area contributed by atoms with Gasteiger partial charge in [-0.3, -0.25) is 4.79 Å². The number of hydrogen-bond donors (Lipinski definition) is 1. The Kier molecular flexibility index (Phi) is 6.87. The smallest absolute Gasteiger partial charge is 0.341 e. The van der Waals surface area contributed by atoms with Crippen LogP contribution in [0.4, 0.5) is 5.00 Å². The van der Waals surface area contributed by atoms with E-state index in [1.54, 1.807) is 25.1 Å². The van der Waals surface area contributed by atoms with Gasteiger partial charge in [0, 0.05) is 21.0 Å². The van der Waals surface area contributed by atoms with Gasteiger partial charge < -0.3 is 10.1 Å². The third kappa shape index (κ3) is 4.95. The molecule has 29 heavy (non-hydrogen) atoms. The van der Waals surface area contributed by atoms with E-state index in [1.165, 1.54) is 16.9 Å². The standard InChI is InChI=1S/C23H22BrNO3S/c1-4-28-23(27)20-19(16-10-8-15(9-11-16)14(2)3)13-29-22(20)25-21(26)17-6-5-7-18(24)12-17/h5-14H,4H2,1-3H3,(H,25,26). The van der Waals surface area contributed by atoms with Gasteiger partial charge in [-0.1, -0.05) is 60.1 Å². The first kappa shape index (κ1) is 21.3. The van der Waals surface area contributed by atoms with Crippen molar-refractivity contribution in [2.24, 2.45) is 0 Å². The van der Waals surface area contributed by atoms with Gasteiger partial charge in [0.1, 0.15) is 10.6 Å². The second-order valence-electron chi connectivity index (χ2n) is 6.82. The predicted molar refractivity (Wildman–Crippen MR) is 122 cm³/mol. The van der Waals surface area contributed by atoms with Crippen LogP contribution in [-0.2, 0) is 4.74 Å². The molecule has 6 heteroatoms. The summed E-state index contributed by atoms with van der Waals surface area (Å²) < 4.78 is 6.08. The highest BCUT2D eigenvalue weighted by Crippen LogP contribution is 2.37. The van der Waals surface area contributed by atoms with E-state index in [-0.39, 0.29) is 12.5 Å². The third-order valence-electron chi connectivity index (χ3n) is 4.47. The summed E-state index contributed by atoms with van der Waals surface area (Å²) in [4.78, 5) is 25.4. The Morgan fingerprint density at radius 1 is 1.14 bits per heavy atom. The van der Waals surface area contributed by atoms with Crippen LogP contribution in [0.3, 0.4) is 0 Å². The average Bonchev–Trinajstić information content (AvgIpc) is 3.11. The van der Waals surface area contributed by atoms with E-state index < -0.39 is 5.97 Å². The van der Waals surface area contributed by atoms with Gasteiger partial charge in [-0.2, -0.15) is 0 Å². The zero-order valence-corrected chi connectivity index (χ0v) is 18.9. The summed E-state index contributed by atoms with van der Waals surface area (Å²) in [6, 6.07) is 15.2. The van der Waals surface area contributed by atoms with E-state index in [0.717, 1.165) is 15.6 Å². The third-order valence-corrected chi connectivity index (χ3v) is 5.86. The number of halogens is 1. The van der Waals surface area contributed by atoms with Crippen LogP contribution < -0.4 is 5.32 Å². The highest BCUT2D eigenvalue weighted by atomic mass is 79.9. The fraction of sp³-hybridized carbons (Fsp3) is 0.217. The van der Waals surface area contributed by atoms with Gasteiger partial charge in [0.2, 0.25) is 0 Å². The minimum atomic E-state index is -0.443. The van der Waals surface area contributed by atoms with Crippen molar-refractivity contribution in [1.29, 1.82) is 0 Å². The lowest BCUT2D eigenvalue weighted by Crippen LogP contribution is -2.14. The molecule has 0 spiro atoms. The van der Waals surface area contributed by atoms with Crippen molar-refractivity contribution in [2.75, 3.05) is 11.9 Å². The molecular formula is C23H22BrNO3S. The lowest BCUT2D eigenvalue weighted by molar-refractivity contribution is 0.0529. The number of rotatable bonds is 6. The van der Waals surface area contributed by atoms with Gasteiger partial charge in [0.15, 0.2) is 0 Å². The molecule has 0 saturated carbocycles. The van der Waals surface area contributed by atoms with Crippen molar-refractivity contribution in [3.8, 4) is 11.1 Å². The van der Waals surface area contributed by atoms with Crippen LogP contribution in [0.5, 0.6) is 0 Å². The highest BCUT2D eigenvalue weighted by molar-refractivity contribution is 9.10. The maximum atomic E-state index is 12.7. The Bertz CT molecular complexity index is 1020. The number of thiophene rings is 1. The second kappa shape index (κ2) is 9.37. The molecule has 4 nitrogen and oxygen atoms in total. The van der Waals surface area contributed by atoms with Crippen molar-refractivity contribution >= 4 is 44.1 Å². The van der Waals surface area contributed by atoms with Gasteiger partial charge in [-0.15, -0.1) is 11.3 Å². The quantitative estimate of drug-likeness (QED) is 0.405. The van der Waals surface area contributed by atoms with Crippen molar-refractivity contribution in [3.63, 3.8) is 0 Å². The number of carbonyl (C=O) groups excluding carboxylic acids is 2. The van der Waals surface area contributed by atoms with Crippen LogP contribution in [-0.4, -0.2) is 18.5 Å². The number of anilines is 1. The molecule has 0 saturated heterocycles. The molecule has 150 valence electrons. The van der Waals surface area contributed by atoms with Gasteiger partial charge in [0.25, 0.3) is 5.91 Å². The molecule has 0 bridgehead atoms. The first-order valence-corrected chi connectivity index (χ1v) is 11.0. The second-order valence-corrected chi connectivity index (χ2v) is 8.61. The summed E-state index contributed by atoms with van der Waals surface area (Å²) in [7, 11) is 0. The summed E-state index contributed by atoms with van der Waals surface area (Å²) in [5.41, 5.74) is 3.79. The number of benzene rings is 2. The number of ether oxygens (including phenoxy) is 1. The Morgan fingerprint density at radius 2 is 1.86 bits per heavy atom. The van der Waals surface area contributed by atoms with E-state index in [4.69, 9.17) is 4.74 Å². The Hall–Kier alpha value is -2.44. The molecule has 0 atom stereocenters. The number of esters is 1. The van der Waals surface area contributed by atoms with Gasteiger partial charge in [0.05, 0.1) is 6.61 Å². The van der Waals surface area contributed by atoms with Crippen LogP contribution in [0.2, 0.25) is 0 Å². The topological polar surface area (TPSA) is 55.4 Å². The number of nitrogens with one attached hydrogen (secondary N) is 1. The van der Waals surface area contributed by atoms with Crippen molar-refractivity contribution < 1.29 is 14.3 Å². The molecule has 0 fully saturated rings. The minimum Gasteiger partial charge on any atom is -0.462 e. The van der Waals surface area contributed by atoms with Gasteiger partial charge >= 0.3 is 5.97 Å². The van der Waals surface area contributed by atoms with Crippen LogP contribution in [0.25, 0.3) is 11.1 Å². The summed E-state index contributed by atoms with van der Waals surface area (Å²) >= 11 is 4.69. The van der Waals surface area contributed by atoms with Crippen molar-refractivity contribution in [1.82, 2.24) is 0 Å². The van der Waals surface area contributed by atoms with E-state index in [0.29, 0.717) is 22.0 Å². The van der Waals surface area contributed by atoms with E-state index in [9.17, 15) is 9.59 Å². The van der Waals surface area contributed by atoms with Crippen LogP contribution >= 0.6 is 27.3 Å². The summed E-state index contributed by atoms with van der Waals surface area (Å²) in [5, 5.41) is 5.24. The zero-order chi connectivity index (χ0) is 21.0. The maximum Gasteiger partial charge on any atom is 0.341 e. The van der Waals surface area contributed by atoms with E-state index in [2.05, 4.69) is 47.2 Å². The Balaban J connectivity index is 1.97. The molecule has 0 aliphatic carbocycles. The van der Waals surface area contributed by atoms with Gasteiger partial charge in [-0.25, -0.2) is 4.79 Å². The van der Waals surface area contributed by atoms with Crippen molar-refractivity contribution in [2.45, 2.75) is 26.7 Å². The molecule has 0 aliphatic heterocycles. The van der Waals surface area contributed by atoms with Crippen LogP contribution in [0, 0.1) is 0 Å². The SMILES string of the molecule is CCOC(=O)c1c(-c2ccc(C(C)C)cc2)csc1NC(=O)c1cccc(Br)c1. The Labute approximate surface area is 183 Å². The number of amides is 1. The van der Waals surface area contributed by atoms with Gasteiger partial charge in [-0.05, 0) is 42.2 Å². The Morgan fingerprint density at radius 3 is 2.48 bits per heavy atom. The molecule has 1 aromatic heterocycles. The zero-order valence-electron chi connectivity index (χ0n) is 16.5. The summed E-state index contributed by atoms with van der Waals surface area (Å²) in [6.45, 7) is 6.30. The first-order valence-electron chi connectivity index (χ1n) is 9.36. The van der Waals surface area contributed by atoms with E-state index >= 15 is 0 Å². The fourth-order valence-corrected chi connectivity index (χ4v) is 4.27. The minimum absolute atomic E-state index is 0.263. The highest BCUT2D eigenvalue weighted by Gasteiger charge is 2.23. The lowest BCUT2D eigenvalue weighted by Gasteiger charge is -2.10. The largest absolute Gasteiger partial charge is 0.462 e. The lowest BCUT2D eigenvalue weighted by atomic mass is 9.98. The molecule has 0 radical (unpaired) electrons. The maximum absolute atomic E-state index is 12.7. The molecule has 1 heterocycles. The average molecular weight is 472 g/mol. The molecule has 1 amide bonds. The normalized spacial score (nSPS) is 10.8. The van der Waals surface area contributed by atoms with Crippen LogP contribution in [0.15, 0.2) is 58.4 Å². The van der Waals surface area contributed by atoms with Crippen LogP contribution in [0.1, 0.15) is 53.0 Å². The molecular weight excluding hydrogens is 450 g/mol. The summed E-state index contributed by atoms with van der Waals surface area (Å²) in [5.74, 6) is -0.294. The van der Waals surface area contributed by atoms with Crippen molar-refractivity contribution in [3.05, 3.63) is 75.1 Å². The molecule has 0 unspecified atom stereocenters. The molecule has 1 N–H and O–H groups in total. The number of hydrogen-bond acceptors (Lipinski definition) is 4. The predicted octanol–water partition coefficient (Wildman–Crippen LogP) is 6.73. The summed E-state index contributed by atoms with van der Waals surface area (Å²) in [6.07, 6.45) is 0. The molecule has 3 aromatic rings. The van der Waals surface area contributed by atoms with E-state index in [1.807, 2.05) is 23.6 Å². The molecule has 0 aliphatic rings. The fourth-order valence-electron chi connectivity index (χ4n) is 2.92. The first-order chi connectivity index (χ1) is 13.9. The monoisotopic (exact) mass is 471 g/mol.